The lowest BCUT2D eigenvalue weighted by Crippen LogP contribution is -2.20. The van der Waals surface area contributed by atoms with Gasteiger partial charge in [0.05, 0.1) is 5.56 Å². The van der Waals surface area contributed by atoms with Crippen LogP contribution in [0.4, 0.5) is 19.0 Å². The van der Waals surface area contributed by atoms with Gasteiger partial charge in [0.1, 0.15) is 5.82 Å². The number of hydrogen-bond acceptors (Lipinski definition) is 5. The Hall–Kier alpha value is -1.83. The lowest BCUT2D eigenvalue weighted by atomic mass is 10.2. The zero-order valence-electron chi connectivity index (χ0n) is 7.91. The molecule has 16 heavy (non-hydrogen) atoms. The number of anilines is 1. The summed E-state index contributed by atoms with van der Waals surface area (Å²) in [5.41, 5.74) is 10.5. The summed E-state index contributed by atoms with van der Waals surface area (Å²) < 4.78 is 39.3. The first-order valence-electron chi connectivity index (χ1n) is 4.07. The van der Waals surface area contributed by atoms with E-state index in [-0.39, 0.29) is 29.8 Å². The third-order valence-corrected chi connectivity index (χ3v) is 1.69. The van der Waals surface area contributed by atoms with E-state index < -0.39 is 12.2 Å². The number of halogens is 3. The summed E-state index contributed by atoms with van der Waals surface area (Å²) in [6.45, 7) is -0.0357. The van der Waals surface area contributed by atoms with Crippen LogP contribution >= 0.6 is 0 Å². The van der Waals surface area contributed by atoms with E-state index in [0.717, 1.165) is 6.07 Å². The number of nitrogen functional groups attached to an aromatic ring is 1. The van der Waals surface area contributed by atoms with Gasteiger partial charge < -0.3 is 16.2 Å². The molecule has 0 fully saturated rings. The fourth-order valence-corrected chi connectivity index (χ4v) is 1.01. The van der Waals surface area contributed by atoms with Gasteiger partial charge in [-0.2, -0.15) is 4.98 Å². The molecule has 0 saturated carbocycles. The number of alkyl halides is 3. The van der Waals surface area contributed by atoms with E-state index in [4.69, 9.17) is 11.5 Å². The summed E-state index contributed by atoms with van der Waals surface area (Å²) >= 11 is 0. The number of ether oxygens (including phenoxy) is 1. The van der Waals surface area contributed by atoms with E-state index >= 15 is 0 Å². The molecule has 0 bridgehead atoms. The lowest BCUT2D eigenvalue weighted by molar-refractivity contribution is -0.276. The quantitative estimate of drug-likeness (QED) is 0.757. The summed E-state index contributed by atoms with van der Waals surface area (Å²) in [6.07, 6.45) is -4.74. The number of aromatic nitrogens is 1. The van der Waals surface area contributed by atoms with Crippen LogP contribution in [0.15, 0.2) is 6.07 Å². The Bertz CT molecular complexity index is 406. The highest BCUT2D eigenvalue weighted by Gasteiger charge is 2.33. The predicted molar refractivity (Wildman–Crippen MR) is 48.6 cm³/mol. The average molecular weight is 235 g/mol. The SMILES string of the molecule is NCc1cc(C=O)c(OC(F)(F)F)nc1N. The van der Waals surface area contributed by atoms with Crippen LogP contribution in [-0.2, 0) is 6.54 Å². The van der Waals surface area contributed by atoms with E-state index in [1.807, 2.05) is 0 Å². The maximum atomic E-state index is 11.9. The zero-order chi connectivity index (χ0) is 12.3. The highest BCUT2D eigenvalue weighted by Crippen LogP contribution is 2.26. The molecule has 0 aliphatic carbocycles. The van der Waals surface area contributed by atoms with Crippen molar-refractivity contribution < 1.29 is 22.7 Å². The largest absolute Gasteiger partial charge is 0.574 e. The van der Waals surface area contributed by atoms with Crippen molar-refractivity contribution >= 4 is 12.1 Å². The highest BCUT2D eigenvalue weighted by atomic mass is 19.4. The van der Waals surface area contributed by atoms with E-state index in [1.54, 1.807) is 0 Å². The molecule has 0 aliphatic rings. The molecule has 0 spiro atoms. The molecule has 0 unspecified atom stereocenters. The van der Waals surface area contributed by atoms with Gasteiger partial charge in [0.15, 0.2) is 6.29 Å². The third-order valence-electron chi connectivity index (χ3n) is 1.69. The second-order valence-corrected chi connectivity index (χ2v) is 2.80. The number of carbonyl (C=O) groups excluding carboxylic acids is 1. The smallest absolute Gasteiger partial charge is 0.387 e. The number of carbonyl (C=O) groups is 1. The van der Waals surface area contributed by atoms with E-state index in [1.165, 1.54) is 0 Å². The number of aldehydes is 1. The lowest BCUT2D eigenvalue weighted by Gasteiger charge is -2.11. The molecule has 1 aromatic rings. The van der Waals surface area contributed by atoms with Crippen molar-refractivity contribution in [1.29, 1.82) is 0 Å². The number of rotatable bonds is 3. The maximum Gasteiger partial charge on any atom is 0.574 e. The first kappa shape index (κ1) is 12.2. The molecule has 0 amide bonds. The summed E-state index contributed by atoms with van der Waals surface area (Å²) in [5, 5.41) is 0. The van der Waals surface area contributed by atoms with Crippen LogP contribution < -0.4 is 16.2 Å². The number of nitrogens with zero attached hydrogens (tertiary/aromatic N) is 1. The molecule has 1 aromatic heterocycles. The van der Waals surface area contributed by atoms with E-state index in [0.29, 0.717) is 0 Å². The van der Waals surface area contributed by atoms with Crippen LogP contribution in [0.3, 0.4) is 0 Å². The van der Waals surface area contributed by atoms with Crippen LogP contribution in [-0.4, -0.2) is 17.6 Å². The Kier molecular flexibility index (Phi) is 3.33. The van der Waals surface area contributed by atoms with Gasteiger partial charge >= 0.3 is 6.36 Å². The topological polar surface area (TPSA) is 91.2 Å². The normalized spacial score (nSPS) is 11.2. The Morgan fingerprint density at radius 1 is 1.50 bits per heavy atom. The maximum absolute atomic E-state index is 11.9. The minimum absolute atomic E-state index is 0.0357. The minimum atomic E-state index is -4.93. The number of nitrogens with two attached hydrogens (primary N) is 2. The van der Waals surface area contributed by atoms with Crippen molar-refractivity contribution in [3.8, 4) is 5.88 Å². The Morgan fingerprint density at radius 2 is 2.12 bits per heavy atom. The fraction of sp³-hybridized carbons (Fsp3) is 0.250. The van der Waals surface area contributed by atoms with Crippen LogP contribution in [0.2, 0.25) is 0 Å². The average Bonchev–Trinajstić information content (AvgIpc) is 2.16. The summed E-state index contributed by atoms with van der Waals surface area (Å²) in [7, 11) is 0. The molecule has 1 rings (SSSR count). The van der Waals surface area contributed by atoms with Crippen molar-refractivity contribution in [2.45, 2.75) is 12.9 Å². The summed E-state index contributed by atoms with van der Waals surface area (Å²) in [4.78, 5) is 13.8. The summed E-state index contributed by atoms with van der Waals surface area (Å²) in [6, 6.07) is 1.11. The van der Waals surface area contributed by atoms with Crippen LogP contribution in [0.1, 0.15) is 15.9 Å². The molecule has 0 radical (unpaired) electrons. The van der Waals surface area contributed by atoms with Crippen molar-refractivity contribution in [2.24, 2.45) is 5.73 Å². The van der Waals surface area contributed by atoms with Gasteiger partial charge in [-0.15, -0.1) is 13.2 Å². The molecule has 88 valence electrons. The minimum Gasteiger partial charge on any atom is -0.387 e. The highest BCUT2D eigenvalue weighted by molar-refractivity contribution is 5.79. The van der Waals surface area contributed by atoms with Crippen LogP contribution in [0.5, 0.6) is 5.88 Å². The van der Waals surface area contributed by atoms with Crippen LogP contribution in [0, 0.1) is 0 Å². The standard InChI is InChI=1S/C8H8F3N3O2/c9-8(10,11)16-7-5(3-15)1-4(2-12)6(13)14-7/h1,3H,2,12H2,(H2,13,14). The molecule has 0 aliphatic heterocycles. The van der Waals surface area contributed by atoms with Crippen LogP contribution in [0.25, 0.3) is 0 Å². The Labute approximate surface area is 88.2 Å². The molecule has 4 N–H and O–H groups in total. The van der Waals surface area contributed by atoms with Crippen molar-refractivity contribution in [3.05, 3.63) is 17.2 Å². The summed E-state index contributed by atoms with van der Waals surface area (Å²) in [5.74, 6) is -1.08. The first-order chi connectivity index (χ1) is 7.37. The monoisotopic (exact) mass is 235 g/mol. The van der Waals surface area contributed by atoms with Gasteiger partial charge in [0.25, 0.3) is 0 Å². The van der Waals surface area contributed by atoms with Gasteiger partial charge in [0.2, 0.25) is 5.88 Å². The molecule has 1 heterocycles. The molecule has 0 saturated heterocycles. The van der Waals surface area contributed by atoms with Crippen molar-refractivity contribution in [1.82, 2.24) is 4.98 Å². The molecular formula is C8H8F3N3O2. The van der Waals surface area contributed by atoms with Gasteiger partial charge in [-0.3, -0.25) is 4.79 Å². The number of pyridine rings is 1. The first-order valence-corrected chi connectivity index (χ1v) is 4.07. The predicted octanol–water partition coefficient (Wildman–Crippen LogP) is 0.834. The Balaban J connectivity index is 3.18. The van der Waals surface area contributed by atoms with Gasteiger partial charge in [-0.1, -0.05) is 0 Å². The second-order valence-electron chi connectivity index (χ2n) is 2.80. The Morgan fingerprint density at radius 3 is 2.56 bits per heavy atom. The van der Waals surface area contributed by atoms with Crippen molar-refractivity contribution in [2.75, 3.05) is 5.73 Å². The van der Waals surface area contributed by atoms with E-state index in [9.17, 15) is 18.0 Å². The molecule has 8 heteroatoms. The zero-order valence-corrected chi connectivity index (χ0v) is 7.91. The fourth-order valence-electron chi connectivity index (χ4n) is 1.01. The molecule has 0 aromatic carbocycles. The van der Waals surface area contributed by atoms with Gasteiger partial charge in [-0.05, 0) is 6.07 Å². The number of hydrogen-bond donors (Lipinski definition) is 2. The van der Waals surface area contributed by atoms with E-state index in [2.05, 4.69) is 9.72 Å². The molecule has 0 atom stereocenters. The van der Waals surface area contributed by atoms with Gasteiger partial charge in [0, 0.05) is 12.1 Å². The molecule has 5 nitrogen and oxygen atoms in total. The second kappa shape index (κ2) is 4.35. The van der Waals surface area contributed by atoms with Crippen molar-refractivity contribution in [3.63, 3.8) is 0 Å². The molecular weight excluding hydrogens is 227 g/mol. The third kappa shape index (κ3) is 2.83. The van der Waals surface area contributed by atoms with Gasteiger partial charge in [-0.25, -0.2) is 0 Å².